The minimum atomic E-state index is 0.332. The molecule has 1 N–H and O–H groups in total. The van der Waals surface area contributed by atoms with E-state index >= 15 is 0 Å². The first-order chi connectivity index (χ1) is 11.2. The number of methoxy groups -OCH3 is 1. The molecule has 0 saturated heterocycles. The van der Waals surface area contributed by atoms with E-state index in [0.29, 0.717) is 12.1 Å². The normalized spacial score (nSPS) is 13.9. The maximum Gasteiger partial charge on any atom is 0.0630 e. The van der Waals surface area contributed by atoms with Crippen LogP contribution in [-0.2, 0) is 11.3 Å². The summed E-state index contributed by atoms with van der Waals surface area (Å²) in [6, 6.07) is 21.8. The Balaban J connectivity index is 1.91. The SMILES string of the molecule is COC[C@@H](CNCc1ccccc1)N(C)[C@H](C)c1ccccc1. The molecular weight excluding hydrogens is 284 g/mol. The van der Waals surface area contributed by atoms with Gasteiger partial charge < -0.3 is 10.1 Å². The summed E-state index contributed by atoms with van der Waals surface area (Å²) < 4.78 is 5.43. The number of benzene rings is 2. The lowest BCUT2D eigenvalue weighted by atomic mass is 10.1. The topological polar surface area (TPSA) is 24.5 Å². The number of rotatable bonds is 9. The third kappa shape index (κ3) is 5.47. The van der Waals surface area contributed by atoms with Gasteiger partial charge in [0.1, 0.15) is 0 Å². The van der Waals surface area contributed by atoms with Gasteiger partial charge in [-0.15, -0.1) is 0 Å². The predicted octanol–water partition coefficient (Wildman–Crippen LogP) is 3.48. The van der Waals surface area contributed by atoms with Gasteiger partial charge in [0, 0.05) is 32.3 Å². The Bertz CT molecular complexity index is 544. The van der Waals surface area contributed by atoms with Crippen LogP contribution in [0, 0.1) is 0 Å². The zero-order valence-electron chi connectivity index (χ0n) is 14.4. The Morgan fingerprint density at radius 3 is 2.22 bits per heavy atom. The van der Waals surface area contributed by atoms with Crippen molar-refractivity contribution in [1.82, 2.24) is 10.2 Å². The highest BCUT2D eigenvalue weighted by molar-refractivity contribution is 5.18. The molecule has 2 aromatic carbocycles. The second-order valence-corrected chi connectivity index (χ2v) is 5.98. The molecule has 0 unspecified atom stereocenters. The fourth-order valence-corrected chi connectivity index (χ4v) is 2.77. The summed E-state index contributed by atoms with van der Waals surface area (Å²) in [5.41, 5.74) is 2.64. The summed E-state index contributed by atoms with van der Waals surface area (Å²) >= 11 is 0. The maximum absolute atomic E-state index is 5.43. The number of hydrogen-bond donors (Lipinski definition) is 1. The Kier molecular flexibility index (Phi) is 7.27. The lowest BCUT2D eigenvalue weighted by Gasteiger charge is -2.33. The molecule has 0 aliphatic rings. The second-order valence-electron chi connectivity index (χ2n) is 5.98. The third-order valence-corrected chi connectivity index (χ3v) is 4.38. The van der Waals surface area contributed by atoms with Crippen molar-refractivity contribution in [2.75, 3.05) is 27.3 Å². The zero-order valence-corrected chi connectivity index (χ0v) is 14.4. The fourth-order valence-electron chi connectivity index (χ4n) is 2.77. The van der Waals surface area contributed by atoms with E-state index in [4.69, 9.17) is 4.74 Å². The van der Waals surface area contributed by atoms with Crippen molar-refractivity contribution < 1.29 is 4.74 Å². The van der Waals surface area contributed by atoms with Crippen molar-refractivity contribution >= 4 is 0 Å². The number of nitrogens with one attached hydrogen (secondary N) is 1. The molecule has 0 aromatic heterocycles. The minimum absolute atomic E-state index is 0.332. The van der Waals surface area contributed by atoms with Crippen LogP contribution in [0.15, 0.2) is 60.7 Å². The molecule has 2 rings (SSSR count). The van der Waals surface area contributed by atoms with Gasteiger partial charge in [0.25, 0.3) is 0 Å². The molecule has 23 heavy (non-hydrogen) atoms. The van der Waals surface area contributed by atoms with Crippen LogP contribution < -0.4 is 5.32 Å². The molecule has 0 saturated carbocycles. The van der Waals surface area contributed by atoms with E-state index in [9.17, 15) is 0 Å². The van der Waals surface area contributed by atoms with Crippen LogP contribution in [0.3, 0.4) is 0 Å². The van der Waals surface area contributed by atoms with Gasteiger partial charge in [-0.3, -0.25) is 4.90 Å². The third-order valence-electron chi connectivity index (χ3n) is 4.38. The number of ether oxygens (including phenoxy) is 1. The van der Waals surface area contributed by atoms with Gasteiger partial charge in [0.2, 0.25) is 0 Å². The summed E-state index contributed by atoms with van der Waals surface area (Å²) in [7, 11) is 3.94. The lowest BCUT2D eigenvalue weighted by molar-refractivity contribution is 0.0835. The molecule has 124 valence electrons. The molecule has 0 spiro atoms. The average molecular weight is 312 g/mol. The summed E-state index contributed by atoms with van der Waals surface area (Å²) in [5.74, 6) is 0. The van der Waals surface area contributed by atoms with Crippen molar-refractivity contribution in [2.45, 2.75) is 25.6 Å². The van der Waals surface area contributed by atoms with Gasteiger partial charge in [-0.2, -0.15) is 0 Å². The molecule has 3 heteroatoms. The van der Waals surface area contributed by atoms with Crippen molar-refractivity contribution in [3.8, 4) is 0 Å². The van der Waals surface area contributed by atoms with E-state index in [-0.39, 0.29) is 0 Å². The molecule has 0 aliphatic heterocycles. The van der Waals surface area contributed by atoms with E-state index in [0.717, 1.165) is 19.7 Å². The van der Waals surface area contributed by atoms with E-state index < -0.39 is 0 Å². The predicted molar refractivity (Wildman–Crippen MR) is 96.4 cm³/mol. The number of likely N-dealkylation sites (N-methyl/N-ethyl adjacent to an activating group) is 1. The van der Waals surface area contributed by atoms with Gasteiger partial charge in [-0.05, 0) is 25.1 Å². The van der Waals surface area contributed by atoms with E-state index in [2.05, 4.69) is 78.8 Å². The highest BCUT2D eigenvalue weighted by atomic mass is 16.5. The first-order valence-corrected chi connectivity index (χ1v) is 8.23. The maximum atomic E-state index is 5.43. The van der Waals surface area contributed by atoms with E-state index in [1.807, 2.05) is 6.07 Å². The molecule has 3 nitrogen and oxygen atoms in total. The summed E-state index contributed by atoms with van der Waals surface area (Å²) in [6.45, 7) is 4.75. The van der Waals surface area contributed by atoms with Crippen molar-refractivity contribution in [3.05, 3.63) is 71.8 Å². The summed E-state index contributed by atoms with van der Waals surface area (Å²) in [5, 5.41) is 3.55. The number of hydrogen-bond acceptors (Lipinski definition) is 3. The molecule has 0 heterocycles. The quantitative estimate of drug-likeness (QED) is 0.767. The van der Waals surface area contributed by atoms with Crippen molar-refractivity contribution in [3.63, 3.8) is 0 Å². The standard InChI is InChI=1S/C20H28N2O/c1-17(19-12-8-5-9-13-19)22(2)20(16-23-3)15-21-14-18-10-6-4-7-11-18/h4-13,17,20-21H,14-16H2,1-3H3/t17-,20-/m1/s1. The number of nitrogens with zero attached hydrogens (tertiary/aromatic N) is 1. The van der Waals surface area contributed by atoms with Crippen LogP contribution in [0.2, 0.25) is 0 Å². The monoisotopic (exact) mass is 312 g/mol. The van der Waals surface area contributed by atoms with Gasteiger partial charge in [0.05, 0.1) is 6.61 Å². The first kappa shape index (κ1) is 17.7. The Morgan fingerprint density at radius 2 is 1.61 bits per heavy atom. The second kappa shape index (κ2) is 9.46. The Hall–Kier alpha value is -1.68. The largest absolute Gasteiger partial charge is 0.383 e. The van der Waals surface area contributed by atoms with Gasteiger partial charge >= 0.3 is 0 Å². The molecular formula is C20H28N2O. The molecule has 0 radical (unpaired) electrons. The summed E-state index contributed by atoms with van der Waals surface area (Å²) in [4.78, 5) is 2.39. The lowest BCUT2D eigenvalue weighted by Crippen LogP contribution is -2.44. The van der Waals surface area contributed by atoms with Gasteiger partial charge in [0.15, 0.2) is 0 Å². The van der Waals surface area contributed by atoms with Crippen LogP contribution in [0.1, 0.15) is 24.1 Å². The van der Waals surface area contributed by atoms with Gasteiger partial charge in [-0.1, -0.05) is 60.7 Å². The first-order valence-electron chi connectivity index (χ1n) is 8.23. The minimum Gasteiger partial charge on any atom is -0.383 e. The molecule has 0 amide bonds. The molecule has 2 aromatic rings. The highest BCUT2D eigenvalue weighted by Crippen LogP contribution is 2.20. The molecule has 0 aliphatic carbocycles. The van der Waals surface area contributed by atoms with Gasteiger partial charge in [-0.25, -0.2) is 0 Å². The van der Waals surface area contributed by atoms with Crippen LogP contribution in [0.4, 0.5) is 0 Å². The highest BCUT2D eigenvalue weighted by Gasteiger charge is 2.20. The molecule has 0 bridgehead atoms. The Labute approximate surface area is 140 Å². The average Bonchev–Trinajstić information content (AvgIpc) is 2.61. The smallest absolute Gasteiger partial charge is 0.0630 e. The van der Waals surface area contributed by atoms with E-state index in [1.54, 1.807) is 7.11 Å². The van der Waals surface area contributed by atoms with Crippen LogP contribution in [-0.4, -0.2) is 38.3 Å². The Morgan fingerprint density at radius 1 is 1.00 bits per heavy atom. The zero-order chi connectivity index (χ0) is 16.5. The van der Waals surface area contributed by atoms with E-state index in [1.165, 1.54) is 11.1 Å². The van der Waals surface area contributed by atoms with Crippen molar-refractivity contribution in [1.29, 1.82) is 0 Å². The van der Waals surface area contributed by atoms with Crippen LogP contribution in [0.5, 0.6) is 0 Å². The summed E-state index contributed by atoms with van der Waals surface area (Å²) in [6.07, 6.45) is 0. The van der Waals surface area contributed by atoms with Crippen LogP contribution >= 0.6 is 0 Å². The van der Waals surface area contributed by atoms with Crippen LogP contribution in [0.25, 0.3) is 0 Å². The molecule has 2 atom stereocenters. The molecule has 0 fully saturated rings. The van der Waals surface area contributed by atoms with Crippen molar-refractivity contribution in [2.24, 2.45) is 0 Å². The fraction of sp³-hybridized carbons (Fsp3) is 0.400.